The van der Waals surface area contributed by atoms with Crippen molar-refractivity contribution in [1.82, 2.24) is 0 Å². The summed E-state index contributed by atoms with van der Waals surface area (Å²) in [4.78, 5) is 26.9. The molecule has 1 fully saturated rings. The topological polar surface area (TPSA) is 69.1 Å². The minimum atomic E-state index is -0.387. The van der Waals surface area contributed by atoms with Gasteiger partial charge in [-0.1, -0.05) is 13.8 Å². The molecule has 1 aromatic rings. The largest absolute Gasteiger partial charge is 0.462 e. The fraction of sp³-hybridized carbons (Fsp3) is 0.667. The van der Waals surface area contributed by atoms with Crippen LogP contribution in [-0.2, 0) is 14.3 Å². The Kier molecular flexibility index (Phi) is 6.98. The molecule has 140 valence electrons. The monoisotopic (exact) mass is 369 g/mol. The molecule has 25 heavy (non-hydrogen) atoms. The molecule has 1 amide bonds. The van der Waals surface area contributed by atoms with Gasteiger partial charge in [0.2, 0.25) is 0 Å². The fourth-order valence-electron chi connectivity index (χ4n) is 3.08. The lowest BCUT2D eigenvalue weighted by Crippen LogP contribution is -3.16. The van der Waals surface area contributed by atoms with Crippen molar-refractivity contribution in [1.29, 1.82) is 0 Å². The van der Waals surface area contributed by atoms with Gasteiger partial charge >= 0.3 is 5.97 Å². The maximum Gasteiger partial charge on any atom is 0.341 e. The smallest absolute Gasteiger partial charge is 0.341 e. The molecule has 0 unspecified atom stereocenters. The molecule has 0 bridgehead atoms. The predicted molar refractivity (Wildman–Crippen MR) is 98.6 cm³/mol. The molecule has 6 nitrogen and oxygen atoms in total. The molecule has 7 heteroatoms. The molecule has 2 rings (SSSR count). The van der Waals surface area contributed by atoms with Crippen molar-refractivity contribution in [2.45, 2.75) is 52.7 Å². The van der Waals surface area contributed by atoms with Crippen molar-refractivity contribution in [2.75, 3.05) is 31.6 Å². The second-order valence-electron chi connectivity index (χ2n) is 6.91. The van der Waals surface area contributed by atoms with E-state index in [2.05, 4.69) is 19.2 Å². The van der Waals surface area contributed by atoms with Gasteiger partial charge in [-0.3, -0.25) is 4.79 Å². The Morgan fingerprint density at radius 3 is 2.56 bits per heavy atom. The van der Waals surface area contributed by atoms with Gasteiger partial charge in [-0.05, 0) is 32.8 Å². The van der Waals surface area contributed by atoms with E-state index in [-0.39, 0.29) is 30.0 Å². The maximum atomic E-state index is 12.5. The highest BCUT2D eigenvalue weighted by molar-refractivity contribution is 7.16. The number of nitrogens with one attached hydrogen (secondary N) is 2. The van der Waals surface area contributed by atoms with Crippen molar-refractivity contribution >= 4 is 28.2 Å². The number of quaternary nitrogens is 1. The summed E-state index contributed by atoms with van der Waals surface area (Å²) in [5, 5.41) is 3.50. The summed E-state index contributed by atoms with van der Waals surface area (Å²) in [6.07, 6.45) is 0.298. The number of amides is 1. The van der Waals surface area contributed by atoms with Gasteiger partial charge < -0.3 is 19.7 Å². The quantitative estimate of drug-likeness (QED) is 0.749. The van der Waals surface area contributed by atoms with E-state index in [1.165, 1.54) is 16.2 Å². The van der Waals surface area contributed by atoms with Crippen LogP contribution in [-0.4, -0.2) is 50.3 Å². The van der Waals surface area contributed by atoms with Crippen LogP contribution in [0.4, 0.5) is 5.00 Å². The van der Waals surface area contributed by atoms with Gasteiger partial charge in [-0.2, -0.15) is 0 Å². The van der Waals surface area contributed by atoms with Gasteiger partial charge in [-0.15, -0.1) is 11.3 Å². The lowest BCUT2D eigenvalue weighted by Gasteiger charge is -2.31. The predicted octanol–water partition coefficient (Wildman–Crippen LogP) is 1.68. The highest BCUT2D eigenvalue weighted by Crippen LogP contribution is 2.33. The molecule has 0 aromatic carbocycles. The van der Waals surface area contributed by atoms with Crippen LogP contribution in [0.2, 0.25) is 0 Å². The first kappa shape index (κ1) is 19.9. The number of rotatable bonds is 6. The summed E-state index contributed by atoms with van der Waals surface area (Å²) >= 11 is 1.45. The van der Waals surface area contributed by atoms with E-state index in [1.807, 2.05) is 19.9 Å². The first-order valence-corrected chi connectivity index (χ1v) is 9.71. The molecule has 1 aliphatic rings. The van der Waals surface area contributed by atoms with Crippen LogP contribution < -0.4 is 10.2 Å². The number of hydrogen-bond acceptors (Lipinski definition) is 5. The van der Waals surface area contributed by atoms with Gasteiger partial charge in [0.25, 0.3) is 5.91 Å². The number of morpholine rings is 1. The van der Waals surface area contributed by atoms with Crippen LogP contribution in [0.5, 0.6) is 0 Å². The third kappa shape index (κ3) is 5.52. The number of esters is 1. The zero-order valence-corrected chi connectivity index (χ0v) is 16.5. The van der Waals surface area contributed by atoms with Gasteiger partial charge in [0.15, 0.2) is 6.54 Å². The first-order chi connectivity index (χ1) is 11.8. The molecule has 0 spiro atoms. The number of hydrogen-bond donors (Lipinski definition) is 2. The zero-order valence-electron chi connectivity index (χ0n) is 15.7. The number of carbonyl (C=O) groups is 2. The lowest BCUT2D eigenvalue weighted by molar-refractivity contribution is -0.907. The highest BCUT2D eigenvalue weighted by Gasteiger charge is 2.28. The highest BCUT2D eigenvalue weighted by atomic mass is 32.1. The Morgan fingerprint density at radius 2 is 2.00 bits per heavy atom. The van der Waals surface area contributed by atoms with Gasteiger partial charge in [0, 0.05) is 4.88 Å². The molecule has 0 radical (unpaired) electrons. The van der Waals surface area contributed by atoms with Crippen molar-refractivity contribution in [2.24, 2.45) is 0 Å². The van der Waals surface area contributed by atoms with E-state index in [0.29, 0.717) is 23.7 Å². The number of carbonyl (C=O) groups excluding carboxylic acids is 2. The standard InChI is InChI=1S/C18H28N2O4S/c1-6-23-18(22)14-7-15(11(2)3)25-17(14)19-16(21)10-20-8-12(4)24-13(5)9-20/h7,11-13H,6,8-10H2,1-5H3,(H,19,21)/p+1/t12-,13-/m0/s1. The Hall–Kier alpha value is -1.44. The number of thiophene rings is 1. The van der Waals surface area contributed by atoms with E-state index in [1.54, 1.807) is 6.92 Å². The molecular formula is C18H29N2O4S+. The SMILES string of the molecule is CCOC(=O)c1cc(C(C)C)sc1NC(=O)C[NH+]1C[C@H](C)O[C@@H](C)C1. The van der Waals surface area contributed by atoms with Gasteiger partial charge in [0.05, 0.1) is 12.2 Å². The summed E-state index contributed by atoms with van der Waals surface area (Å²) in [6, 6.07) is 1.83. The summed E-state index contributed by atoms with van der Waals surface area (Å²) < 4.78 is 10.8. The van der Waals surface area contributed by atoms with Crippen LogP contribution in [0, 0.1) is 0 Å². The van der Waals surface area contributed by atoms with Crippen molar-refractivity contribution in [3.8, 4) is 0 Å². The molecular weight excluding hydrogens is 340 g/mol. The normalized spacial score (nSPS) is 23.5. The van der Waals surface area contributed by atoms with E-state index >= 15 is 0 Å². The Labute approximate surface area is 153 Å². The average molecular weight is 370 g/mol. The molecule has 2 atom stereocenters. The number of anilines is 1. The first-order valence-electron chi connectivity index (χ1n) is 8.89. The maximum absolute atomic E-state index is 12.5. The number of ether oxygens (including phenoxy) is 2. The third-order valence-corrected chi connectivity index (χ3v) is 5.45. The molecule has 1 saturated heterocycles. The zero-order chi connectivity index (χ0) is 18.6. The summed E-state index contributed by atoms with van der Waals surface area (Å²) in [6.45, 7) is 12.3. The Morgan fingerprint density at radius 1 is 1.36 bits per heavy atom. The van der Waals surface area contributed by atoms with Crippen LogP contribution in [0.15, 0.2) is 6.07 Å². The molecule has 0 saturated carbocycles. The van der Waals surface area contributed by atoms with Gasteiger partial charge in [-0.25, -0.2) is 4.79 Å². The average Bonchev–Trinajstić information content (AvgIpc) is 2.90. The van der Waals surface area contributed by atoms with E-state index in [9.17, 15) is 9.59 Å². The second-order valence-corrected chi connectivity index (χ2v) is 7.99. The van der Waals surface area contributed by atoms with E-state index < -0.39 is 0 Å². The molecule has 0 aliphatic carbocycles. The molecule has 1 aromatic heterocycles. The third-order valence-electron chi connectivity index (χ3n) is 4.10. The minimum Gasteiger partial charge on any atom is -0.462 e. The fourth-order valence-corrected chi connectivity index (χ4v) is 4.14. The Balaban J connectivity index is 2.07. The van der Waals surface area contributed by atoms with E-state index in [0.717, 1.165) is 18.0 Å². The van der Waals surface area contributed by atoms with Crippen molar-refractivity contribution in [3.63, 3.8) is 0 Å². The summed E-state index contributed by atoms with van der Waals surface area (Å²) in [5.74, 6) is -0.184. The van der Waals surface area contributed by atoms with Gasteiger partial charge in [0.1, 0.15) is 30.3 Å². The molecule has 2 heterocycles. The molecule has 1 aliphatic heterocycles. The van der Waals surface area contributed by atoms with Crippen LogP contribution >= 0.6 is 11.3 Å². The second kappa shape index (κ2) is 8.78. The lowest BCUT2D eigenvalue weighted by atomic mass is 10.1. The van der Waals surface area contributed by atoms with Crippen LogP contribution in [0.1, 0.15) is 55.8 Å². The molecule has 2 N–H and O–H groups in total. The van der Waals surface area contributed by atoms with Crippen molar-refractivity contribution < 1.29 is 24.0 Å². The van der Waals surface area contributed by atoms with Crippen LogP contribution in [0.25, 0.3) is 0 Å². The van der Waals surface area contributed by atoms with E-state index in [4.69, 9.17) is 9.47 Å². The summed E-state index contributed by atoms with van der Waals surface area (Å²) in [5.41, 5.74) is 0.447. The Bertz CT molecular complexity index is 604. The minimum absolute atomic E-state index is 0.0843. The summed E-state index contributed by atoms with van der Waals surface area (Å²) in [7, 11) is 0. The van der Waals surface area contributed by atoms with Crippen molar-refractivity contribution in [3.05, 3.63) is 16.5 Å². The van der Waals surface area contributed by atoms with Crippen LogP contribution in [0.3, 0.4) is 0 Å².